The highest BCUT2D eigenvalue weighted by atomic mass is 16.7. The number of hydrogen-bond acceptors (Lipinski definition) is 6. The van der Waals surface area contributed by atoms with Crippen molar-refractivity contribution in [3.8, 4) is 17.2 Å². The van der Waals surface area contributed by atoms with Crippen molar-refractivity contribution in [2.45, 2.75) is 25.8 Å². The molecule has 0 unspecified atom stereocenters. The Morgan fingerprint density at radius 3 is 2.44 bits per heavy atom. The van der Waals surface area contributed by atoms with Gasteiger partial charge in [-0.2, -0.15) is 0 Å². The highest BCUT2D eigenvalue weighted by molar-refractivity contribution is 6.08. The van der Waals surface area contributed by atoms with Crippen molar-refractivity contribution in [1.29, 1.82) is 0 Å². The monoisotopic (exact) mass is 343 g/mol. The number of fused-ring (bicyclic) bond motifs is 2. The third kappa shape index (κ3) is 2.56. The van der Waals surface area contributed by atoms with Gasteiger partial charge in [-0.15, -0.1) is 0 Å². The Morgan fingerprint density at radius 1 is 1.12 bits per heavy atom. The molecule has 130 valence electrons. The van der Waals surface area contributed by atoms with Crippen LogP contribution in [-0.4, -0.2) is 35.5 Å². The lowest BCUT2D eigenvalue weighted by Gasteiger charge is -2.21. The number of esters is 1. The van der Waals surface area contributed by atoms with Gasteiger partial charge < -0.3 is 14.2 Å². The van der Waals surface area contributed by atoms with Gasteiger partial charge in [0.25, 0.3) is 0 Å². The molecule has 25 heavy (non-hydrogen) atoms. The summed E-state index contributed by atoms with van der Waals surface area (Å²) < 4.78 is 15.8. The molecule has 0 radical (unpaired) electrons. The lowest BCUT2D eigenvalue weighted by molar-refractivity contribution is -0.152. The first-order valence-corrected chi connectivity index (χ1v) is 8.19. The van der Waals surface area contributed by atoms with Crippen LogP contribution in [0.2, 0.25) is 0 Å². The Labute approximate surface area is 144 Å². The van der Waals surface area contributed by atoms with Crippen molar-refractivity contribution >= 4 is 17.8 Å². The normalized spacial score (nSPS) is 25.1. The van der Waals surface area contributed by atoms with Gasteiger partial charge in [0.05, 0.1) is 11.8 Å². The van der Waals surface area contributed by atoms with Crippen molar-refractivity contribution in [2.24, 2.45) is 11.8 Å². The zero-order chi connectivity index (χ0) is 17.6. The van der Waals surface area contributed by atoms with Crippen LogP contribution < -0.4 is 14.2 Å². The van der Waals surface area contributed by atoms with E-state index in [1.54, 1.807) is 18.2 Å². The lowest BCUT2D eigenvalue weighted by Crippen LogP contribution is -2.45. The minimum absolute atomic E-state index is 0.122. The Morgan fingerprint density at radius 2 is 1.76 bits per heavy atom. The molecule has 1 aliphatic carbocycles. The largest absolute Gasteiger partial charge is 0.454 e. The summed E-state index contributed by atoms with van der Waals surface area (Å²) in [5.41, 5.74) is 0. The van der Waals surface area contributed by atoms with E-state index in [2.05, 4.69) is 0 Å². The van der Waals surface area contributed by atoms with Crippen LogP contribution >= 0.6 is 0 Å². The smallest absolute Gasteiger partial charge is 0.334 e. The number of imide groups is 1. The maximum atomic E-state index is 12.5. The molecule has 0 bridgehead atoms. The van der Waals surface area contributed by atoms with Crippen molar-refractivity contribution in [2.75, 3.05) is 6.79 Å². The van der Waals surface area contributed by atoms with E-state index in [4.69, 9.17) is 14.2 Å². The number of rotatable bonds is 3. The first-order chi connectivity index (χ1) is 12.1. The van der Waals surface area contributed by atoms with E-state index in [0.717, 1.165) is 4.90 Å². The number of nitrogens with zero attached hydrogens (tertiary/aromatic N) is 1. The molecule has 1 fully saturated rings. The Balaban J connectivity index is 1.49. The molecular weight excluding hydrogens is 326 g/mol. The number of allylic oxidation sites excluding steroid dienone is 2. The van der Waals surface area contributed by atoms with Crippen LogP contribution in [0, 0.1) is 11.8 Å². The first kappa shape index (κ1) is 15.7. The van der Waals surface area contributed by atoms with E-state index < -0.39 is 12.0 Å². The molecule has 2 heterocycles. The van der Waals surface area contributed by atoms with Gasteiger partial charge in [0.15, 0.2) is 11.5 Å². The summed E-state index contributed by atoms with van der Waals surface area (Å²) in [6.07, 6.45) is 4.89. The fraction of sp³-hybridized carbons (Fsp3) is 0.389. The molecular formula is C18H17NO6. The van der Waals surface area contributed by atoms with E-state index in [1.165, 1.54) is 6.92 Å². The molecule has 1 aromatic carbocycles. The lowest BCUT2D eigenvalue weighted by atomic mass is 9.85. The molecule has 7 heteroatoms. The van der Waals surface area contributed by atoms with Crippen LogP contribution in [-0.2, 0) is 14.4 Å². The number of carbonyl (C=O) groups is 3. The second-order valence-electron chi connectivity index (χ2n) is 6.31. The molecule has 7 nitrogen and oxygen atoms in total. The standard InChI is InChI=1S/C18H17NO6/c1-10(19-16(20)12-4-2-3-5-13(12)17(19)21)18(22)25-11-6-7-14-15(8-11)24-9-23-14/h2-3,6-8,10,12-13H,4-5,9H2,1H3/t10-,12-,13-/m0/s1. The third-order valence-corrected chi connectivity index (χ3v) is 4.83. The fourth-order valence-electron chi connectivity index (χ4n) is 3.45. The third-order valence-electron chi connectivity index (χ3n) is 4.83. The first-order valence-electron chi connectivity index (χ1n) is 8.19. The number of ether oxygens (including phenoxy) is 3. The van der Waals surface area contributed by atoms with Crippen molar-refractivity contribution in [1.82, 2.24) is 4.90 Å². The van der Waals surface area contributed by atoms with Crippen molar-refractivity contribution in [3.63, 3.8) is 0 Å². The Bertz CT molecular complexity index is 760. The van der Waals surface area contributed by atoms with E-state index in [9.17, 15) is 14.4 Å². The van der Waals surface area contributed by atoms with Crippen molar-refractivity contribution in [3.05, 3.63) is 30.4 Å². The van der Waals surface area contributed by atoms with Gasteiger partial charge >= 0.3 is 5.97 Å². The maximum Gasteiger partial charge on any atom is 0.334 e. The topological polar surface area (TPSA) is 82.1 Å². The summed E-state index contributed by atoms with van der Waals surface area (Å²) in [5, 5.41) is 0. The van der Waals surface area contributed by atoms with Gasteiger partial charge in [-0.3, -0.25) is 14.5 Å². The van der Waals surface area contributed by atoms with E-state index in [0.29, 0.717) is 24.3 Å². The van der Waals surface area contributed by atoms with E-state index in [-0.39, 0.29) is 36.2 Å². The molecule has 4 rings (SSSR count). The molecule has 3 atom stereocenters. The van der Waals surface area contributed by atoms with Gasteiger partial charge in [0.1, 0.15) is 11.8 Å². The molecule has 2 amide bonds. The number of carbonyl (C=O) groups excluding carboxylic acids is 3. The molecule has 1 aromatic rings. The molecule has 0 spiro atoms. The molecule has 0 saturated carbocycles. The van der Waals surface area contributed by atoms with Gasteiger partial charge in [-0.05, 0) is 31.9 Å². The van der Waals surface area contributed by atoms with Crippen molar-refractivity contribution < 1.29 is 28.6 Å². The zero-order valence-electron chi connectivity index (χ0n) is 13.6. The number of benzene rings is 1. The molecule has 2 aliphatic heterocycles. The van der Waals surface area contributed by atoms with Crippen LogP contribution in [0.1, 0.15) is 19.8 Å². The van der Waals surface area contributed by atoms with Crippen LogP contribution in [0.15, 0.2) is 30.4 Å². The second-order valence-corrected chi connectivity index (χ2v) is 6.31. The average Bonchev–Trinajstić information content (AvgIpc) is 3.18. The van der Waals surface area contributed by atoms with Gasteiger partial charge in [-0.25, -0.2) is 4.79 Å². The van der Waals surface area contributed by atoms with Crippen LogP contribution in [0.3, 0.4) is 0 Å². The summed E-state index contributed by atoms with van der Waals surface area (Å²) in [4.78, 5) is 38.6. The summed E-state index contributed by atoms with van der Waals surface area (Å²) >= 11 is 0. The number of likely N-dealkylation sites (tertiary alicyclic amines) is 1. The maximum absolute atomic E-state index is 12.5. The zero-order valence-corrected chi connectivity index (χ0v) is 13.6. The molecule has 0 N–H and O–H groups in total. The highest BCUT2D eigenvalue weighted by Gasteiger charge is 2.50. The van der Waals surface area contributed by atoms with E-state index in [1.807, 2.05) is 12.2 Å². The quantitative estimate of drug-likeness (QED) is 0.359. The summed E-state index contributed by atoms with van der Waals surface area (Å²) in [6, 6.07) is 3.79. The Hall–Kier alpha value is -2.83. The van der Waals surface area contributed by atoms with Gasteiger partial charge in [0, 0.05) is 6.07 Å². The minimum Gasteiger partial charge on any atom is -0.454 e. The van der Waals surface area contributed by atoms with Crippen LogP contribution in [0.5, 0.6) is 17.2 Å². The summed E-state index contributed by atoms with van der Waals surface area (Å²) in [5.74, 6) is -0.635. The molecule has 1 saturated heterocycles. The van der Waals surface area contributed by atoms with Gasteiger partial charge in [0.2, 0.25) is 18.6 Å². The number of amides is 2. The Kier molecular flexibility index (Phi) is 3.71. The SMILES string of the molecule is C[C@@H](C(=O)Oc1ccc2c(c1)OCO2)N1C(=O)[C@H]2CC=CC[C@@H]2C1=O. The van der Waals surface area contributed by atoms with Crippen LogP contribution in [0.4, 0.5) is 0 Å². The van der Waals surface area contributed by atoms with Crippen LogP contribution in [0.25, 0.3) is 0 Å². The van der Waals surface area contributed by atoms with Gasteiger partial charge in [-0.1, -0.05) is 12.2 Å². The summed E-state index contributed by atoms with van der Waals surface area (Å²) in [6.45, 7) is 1.63. The summed E-state index contributed by atoms with van der Waals surface area (Å²) in [7, 11) is 0. The predicted octanol–water partition coefficient (Wildman–Crippen LogP) is 1.66. The average molecular weight is 343 g/mol. The number of hydrogen-bond donors (Lipinski definition) is 0. The van der Waals surface area contributed by atoms with E-state index >= 15 is 0 Å². The second kappa shape index (κ2) is 5.91. The minimum atomic E-state index is -0.976. The highest BCUT2D eigenvalue weighted by Crippen LogP contribution is 2.37. The predicted molar refractivity (Wildman–Crippen MR) is 84.9 cm³/mol. The molecule has 3 aliphatic rings. The fourth-order valence-corrected chi connectivity index (χ4v) is 3.45. The molecule has 0 aromatic heterocycles.